The summed E-state index contributed by atoms with van der Waals surface area (Å²) >= 11 is 0. The van der Waals surface area contributed by atoms with Gasteiger partial charge >= 0.3 is 0 Å². The second-order valence-electron chi connectivity index (χ2n) is 3.11. The van der Waals surface area contributed by atoms with E-state index < -0.39 is 0 Å². The van der Waals surface area contributed by atoms with Crippen molar-refractivity contribution in [1.82, 2.24) is 0 Å². The molecule has 1 atom stereocenters. The monoisotopic (exact) mass is 176 g/mol. The average molecular weight is 176 g/mol. The molecule has 0 saturated carbocycles. The van der Waals surface area contributed by atoms with Gasteiger partial charge in [0.1, 0.15) is 0 Å². The first-order valence-electron chi connectivity index (χ1n) is 4.94. The largest absolute Gasteiger partial charge is 0.393 e. The Hall–Kier alpha value is -0.0800. The molecule has 0 heterocycles. The molecule has 0 aromatic rings. The van der Waals surface area contributed by atoms with Gasteiger partial charge in [-0.15, -0.1) is 0 Å². The third-order valence-corrected chi connectivity index (χ3v) is 1.65. The molecule has 0 radical (unpaired) electrons. The molecule has 2 N–H and O–H groups in total. The molecule has 0 saturated heterocycles. The maximum Gasteiger partial charge on any atom is 0.0535 e. The van der Waals surface area contributed by atoms with Gasteiger partial charge in [0.2, 0.25) is 0 Å². The Labute approximate surface area is 76.6 Å². The van der Waals surface area contributed by atoms with Gasteiger partial charge in [-0.1, -0.05) is 27.2 Å². The molecule has 0 aromatic heterocycles. The van der Waals surface area contributed by atoms with Crippen LogP contribution in [-0.4, -0.2) is 22.4 Å². The molecule has 1 unspecified atom stereocenters. The van der Waals surface area contributed by atoms with Crippen molar-refractivity contribution in [2.24, 2.45) is 0 Å². The van der Waals surface area contributed by atoms with Crippen LogP contribution in [0.15, 0.2) is 0 Å². The van der Waals surface area contributed by atoms with E-state index in [4.69, 9.17) is 10.2 Å². The third-order valence-electron chi connectivity index (χ3n) is 1.65. The predicted octanol–water partition coefficient (Wildman–Crippen LogP) is 2.33. The van der Waals surface area contributed by atoms with E-state index in [1.165, 1.54) is 0 Å². The van der Waals surface area contributed by atoms with Crippen LogP contribution < -0.4 is 0 Å². The lowest BCUT2D eigenvalue weighted by Gasteiger charge is -1.98. The van der Waals surface area contributed by atoms with Crippen molar-refractivity contribution < 1.29 is 10.2 Å². The Kier molecular flexibility index (Phi) is 13.1. The summed E-state index contributed by atoms with van der Waals surface area (Å²) in [5.41, 5.74) is 0. The van der Waals surface area contributed by atoms with Gasteiger partial charge in [-0.3, -0.25) is 0 Å². The number of hydrogen-bond donors (Lipinski definition) is 2. The van der Waals surface area contributed by atoms with E-state index in [1.807, 2.05) is 20.8 Å². The van der Waals surface area contributed by atoms with Crippen molar-refractivity contribution in [3.63, 3.8) is 0 Å². The lowest BCUT2D eigenvalue weighted by molar-refractivity contribution is 0.166. The Bertz CT molecular complexity index is 68.2. The molecule has 0 spiro atoms. The fourth-order valence-corrected chi connectivity index (χ4v) is 0.706. The minimum atomic E-state index is -0.102. The molecule has 0 amide bonds. The molecule has 0 aliphatic heterocycles. The van der Waals surface area contributed by atoms with Crippen LogP contribution in [0.1, 0.15) is 53.4 Å². The summed E-state index contributed by atoms with van der Waals surface area (Å²) < 4.78 is 0. The van der Waals surface area contributed by atoms with Crippen molar-refractivity contribution in [3.05, 3.63) is 0 Å². The quantitative estimate of drug-likeness (QED) is 0.690. The summed E-state index contributed by atoms with van der Waals surface area (Å²) in [6, 6.07) is 0. The fourth-order valence-electron chi connectivity index (χ4n) is 0.706. The normalized spacial score (nSPS) is 12.2. The molecule has 12 heavy (non-hydrogen) atoms. The molecule has 0 aliphatic carbocycles. The highest BCUT2D eigenvalue weighted by Crippen LogP contribution is 1.92. The topological polar surface area (TPSA) is 40.5 Å². The standard InChI is InChI=1S/2C5H12O/c1-3-4-5(2)6;1-3-5(6)4-2/h2*5-6H,3-4H2,1-2H3. The van der Waals surface area contributed by atoms with Crippen molar-refractivity contribution in [2.75, 3.05) is 0 Å². The zero-order valence-corrected chi connectivity index (χ0v) is 8.88. The van der Waals surface area contributed by atoms with Crippen LogP contribution in [0, 0.1) is 0 Å². The first kappa shape index (κ1) is 14.4. The van der Waals surface area contributed by atoms with Gasteiger partial charge < -0.3 is 10.2 Å². The van der Waals surface area contributed by atoms with Gasteiger partial charge in [0.15, 0.2) is 0 Å². The van der Waals surface area contributed by atoms with Gasteiger partial charge in [-0.2, -0.15) is 0 Å². The second-order valence-corrected chi connectivity index (χ2v) is 3.11. The Morgan fingerprint density at radius 2 is 1.42 bits per heavy atom. The van der Waals surface area contributed by atoms with E-state index >= 15 is 0 Å². The number of hydrogen-bond acceptors (Lipinski definition) is 2. The highest BCUT2D eigenvalue weighted by molar-refractivity contribution is 4.43. The summed E-state index contributed by atoms with van der Waals surface area (Å²) in [6.45, 7) is 7.83. The van der Waals surface area contributed by atoms with E-state index in [-0.39, 0.29) is 12.2 Å². The summed E-state index contributed by atoms with van der Waals surface area (Å²) in [6.07, 6.45) is 3.62. The lowest BCUT2D eigenvalue weighted by Crippen LogP contribution is -1.99. The summed E-state index contributed by atoms with van der Waals surface area (Å²) in [4.78, 5) is 0. The van der Waals surface area contributed by atoms with Crippen molar-refractivity contribution in [3.8, 4) is 0 Å². The molecule has 0 bridgehead atoms. The lowest BCUT2D eigenvalue weighted by atomic mass is 10.2. The molecule has 0 aromatic carbocycles. The SMILES string of the molecule is CCC(O)CC.CCCC(C)O. The van der Waals surface area contributed by atoms with E-state index in [0.717, 1.165) is 25.7 Å². The molecule has 76 valence electrons. The van der Waals surface area contributed by atoms with Crippen molar-refractivity contribution in [1.29, 1.82) is 0 Å². The number of aliphatic hydroxyl groups is 2. The van der Waals surface area contributed by atoms with Gasteiger partial charge in [0.25, 0.3) is 0 Å². The summed E-state index contributed by atoms with van der Waals surface area (Å²) in [5, 5.41) is 17.2. The molecule has 0 fully saturated rings. The first-order valence-corrected chi connectivity index (χ1v) is 4.94. The molecule has 0 rings (SSSR count). The van der Waals surface area contributed by atoms with Crippen LogP contribution in [0.3, 0.4) is 0 Å². The fraction of sp³-hybridized carbons (Fsp3) is 1.00. The van der Waals surface area contributed by atoms with Crippen LogP contribution in [-0.2, 0) is 0 Å². The summed E-state index contributed by atoms with van der Waals surface area (Å²) in [7, 11) is 0. The number of aliphatic hydroxyl groups excluding tert-OH is 2. The maximum absolute atomic E-state index is 8.67. The highest BCUT2D eigenvalue weighted by atomic mass is 16.3. The van der Waals surface area contributed by atoms with Crippen LogP contribution in [0.4, 0.5) is 0 Å². The van der Waals surface area contributed by atoms with E-state index in [2.05, 4.69) is 6.92 Å². The molecule has 0 aliphatic rings. The highest BCUT2D eigenvalue weighted by Gasteiger charge is 1.90. The minimum Gasteiger partial charge on any atom is -0.393 e. The Balaban J connectivity index is 0. The first-order chi connectivity index (χ1) is 5.58. The molecular weight excluding hydrogens is 152 g/mol. The van der Waals surface area contributed by atoms with Crippen LogP contribution in [0.2, 0.25) is 0 Å². The Morgan fingerprint density at radius 3 is 1.42 bits per heavy atom. The van der Waals surface area contributed by atoms with Crippen molar-refractivity contribution in [2.45, 2.75) is 65.6 Å². The minimum absolute atomic E-state index is 0.0648. The molecule has 2 heteroatoms. The van der Waals surface area contributed by atoms with Crippen LogP contribution >= 0.6 is 0 Å². The van der Waals surface area contributed by atoms with Gasteiger partial charge in [0.05, 0.1) is 12.2 Å². The molecular formula is C10H24O2. The van der Waals surface area contributed by atoms with E-state index in [1.54, 1.807) is 0 Å². The van der Waals surface area contributed by atoms with E-state index in [0.29, 0.717) is 0 Å². The van der Waals surface area contributed by atoms with Gasteiger partial charge in [-0.25, -0.2) is 0 Å². The van der Waals surface area contributed by atoms with E-state index in [9.17, 15) is 0 Å². The van der Waals surface area contributed by atoms with Crippen LogP contribution in [0.5, 0.6) is 0 Å². The molecule has 2 nitrogen and oxygen atoms in total. The Morgan fingerprint density at radius 1 is 1.00 bits per heavy atom. The van der Waals surface area contributed by atoms with Gasteiger partial charge in [0, 0.05) is 0 Å². The zero-order chi connectivity index (χ0) is 9.98. The average Bonchev–Trinajstić information content (AvgIpc) is 2.04. The summed E-state index contributed by atoms with van der Waals surface area (Å²) in [5.74, 6) is 0. The van der Waals surface area contributed by atoms with Crippen molar-refractivity contribution >= 4 is 0 Å². The smallest absolute Gasteiger partial charge is 0.0535 e. The van der Waals surface area contributed by atoms with Crippen LogP contribution in [0.25, 0.3) is 0 Å². The predicted molar refractivity (Wildman–Crippen MR) is 53.2 cm³/mol. The maximum atomic E-state index is 8.67. The second kappa shape index (κ2) is 10.9. The van der Waals surface area contributed by atoms with Gasteiger partial charge in [-0.05, 0) is 26.2 Å². The third kappa shape index (κ3) is 16.5. The zero-order valence-electron chi connectivity index (χ0n) is 8.88. The number of rotatable bonds is 4.